The van der Waals surface area contributed by atoms with Gasteiger partial charge in [0, 0.05) is 27.5 Å². The molecule has 0 fully saturated rings. The molecule has 0 saturated heterocycles. The summed E-state index contributed by atoms with van der Waals surface area (Å²) in [6.07, 6.45) is 0. The summed E-state index contributed by atoms with van der Waals surface area (Å²) in [6.45, 7) is 0. The summed E-state index contributed by atoms with van der Waals surface area (Å²) in [5.41, 5.74) is 20.6. The molecular formula is C59H36N2O. The molecule has 0 bridgehead atoms. The molecule has 3 nitrogen and oxygen atoms in total. The number of aromatic nitrogens is 2. The summed E-state index contributed by atoms with van der Waals surface area (Å²) < 4.78 is 6.39. The molecule has 13 rings (SSSR count). The van der Waals surface area contributed by atoms with E-state index < -0.39 is 5.41 Å². The molecule has 9 aromatic carbocycles. The van der Waals surface area contributed by atoms with Crippen LogP contribution in [0.15, 0.2) is 223 Å². The Morgan fingerprint density at radius 1 is 0.290 bits per heavy atom. The van der Waals surface area contributed by atoms with Crippen molar-refractivity contribution in [2.45, 2.75) is 5.41 Å². The molecule has 1 spiro atoms. The Morgan fingerprint density at radius 2 is 0.758 bits per heavy atom. The van der Waals surface area contributed by atoms with Crippen molar-refractivity contribution in [1.82, 2.24) is 9.97 Å². The van der Waals surface area contributed by atoms with E-state index in [0.717, 1.165) is 55.6 Å². The predicted octanol–water partition coefficient (Wildman–Crippen LogP) is 15.1. The van der Waals surface area contributed by atoms with E-state index in [1.54, 1.807) is 0 Å². The fraction of sp³-hybridized carbons (Fsp3) is 0.0169. The highest BCUT2D eigenvalue weighted by atomic mass is 16.3. The lowest BCUT2D eigenvalue weighted by Crippen LogP contribution is -2.29. The third-order valence-electron chi connectivity index (χ3n) is 13.2. The van der Waals surface area contributed by atoms with Crippen molar-refractivity contribution in [2.75, 3.05) is 0 Å². The van der Waals surface area contributed by atoms with Gasteiger partial charge in [-0.3, -0.25) is 0 Å². The van der Waals surface area contributed by atoms with Crippen molar-refractivity contribution < 1.29 is 4.42 Å². The first-order valence-corrected chi connectivity index (χ1v) is 21.2. The zero-order valence-corrected chi connectivity index (χ0v) is 33.6. The SMILES string of the molecule is c1ccc(-c2ccc(-c3cc(-c4ccc5c(c4)C4(c6ccccc6-c6ccccc6-5)c5ccccc5-c5ccccc54)nc(-c4ccc5c(c4)oc4ccccc45)n3)cc2)cc1. The number of hydrogen-bond donors (Lipinski definition) is 0. The van der Waals surface area contributed by atoms with E-state index in [2.05, 4.69) is 206 Å². The summed E-state index contributed by atoms with van der Waals surface area (Å²) in [5.74, 6) is 0.642. The molecule has 0 unspecified atom stereocenters. The summed E-state index contributed by atoms with van der Waals surface area (Å²) in [6, 6.07) is 78.8. The molecule has 0 amide bonds. The Morgan fingerprint density at radius 3 is 1.44 bits per heavy atom. The molecular weight excluding hydrogens is 753 g/mol. The highest BCUT2D eigenvalue weighted by Gasteiger charge is 2.49. The van der Waals surface area contributed by atoms with Crippen molar-refractivity contribution in [3.8, 4) is 78.4 Å². The van der Waals surface area contributed by atoms with E-state index in [4.69, 9.17) is 14.4 Å². The monoisotopic (exact) mass is 788 g/mol. The molecule has 3 heteroatoms. The zero-order chi connectivity index (χ0) is 40.8. The van der Waals surface area contributed by atoms with Crippen LogP contribution in [0.2, 0.25) is 0 Å². The average Bonchev–Trinajstić information content (AvgIpc) is 3.84. The van der Waals surface area contributed by atoms with Crippen molar-refractivity contribution in [1.29, 1.82) is 0 Å². The van der Waals surface area contributed by atoms with Crippen molar-refractivity contribution in [3.63, 3.8) is 0 Å². The second-order valence-corrected chi connectivity index (χ2v) is 16.4. The van der Waals surface area contributed by atoms with Crippen LogP contribution in [0.25, 0.3) is 100 Å². The molecule has 2 aliphatic rings. The van der Waals surface area contributed by atoms with Gasteiger partial charge in [0.1, 0.15) is 11.2 Å². The first kappa shape index (κ1) is 34.7. The molecule has 2 heterocycles. The number of benzene rings is 9. The Labute approximate surface area is 359 Å². The van der Waals surface area contributed by atoms with Crippen LogP contribution < -0.4 is 0 Å². The maximum absolute atomic E-state index is 6.39. The molecule has 2 aliphatic carbocycles. The first-order valence-electron chi connectivity index (χ1n) is 21.2. The summed E-state index contributed by atoms with van der Waals surface area (Å²) in [5, 5.41) is 2.17. The minimum atomic E-state index is -0.591. The van der Waals surface area contributed by atoms with E-state index in [9.17, 15) is 0 Å². The van der Waals surface area contributed by atoms with Crippen LogP contribution in [0.1, 0.15) is 22.3 Å². The smallest absolute Gasteiger partial charge is 0.160 e. The van der Waals surface area contributed by atoms with Crippen molar-refractivity contribution >= 4 is 21.9 Å². The van der Waals surface area contributed by atoms with Crippen LogP contribution in [0, 0.1) is 0 Å². The van der Waals surface area contributed by atoms with Crippen LogP contribution in [-0.4, -0.2) is 9.97 Å². The van der Waals surface area contributed by atoms with Gasteiger partial charge >= 0.3 is 0 Å². The third-order valence-corrected chi connectivity index (χ3v) is 13.2. The number of rotatable bonds is 4. The van der Waals surface area contributed by atoms with Gasteiger partial charge < -0.3 is 4.42 Å². The second kappa shape index (κ2) is 13.4. The average molecular weight is 789 g/mol. The van der Waals surface area contributed by atoms with Crippen LogP contribution in [-0.2, 0) is 5.41 Å². The predicted molar refractivity (Wildman–Crippen MR) is 253 cm³/mol. The summed E-state index contributed by atoms with van der Waals surface area (Å²) in [7, 11) is 0. The standard InChI is InChI=1S/C59H36N2O/c1-2-14-37(15-3-1)38-26-28-39(29-27-38)54-36-55(61-58(60-54)41-31-33-49-48-21-9-13-25-56(48)62-57(49)35-41)40-30-32-47-43-17-5-4-16-42(43)44-18-6-10-22-50(44)59(53(47)34-40)51-23-11-7-19-45(51)46-20-8-12-24-52(46)59/h1-36H. The molecule has 0 radical (unpaired) electrons. The van der Waals surface area contributed by atoms with Gasteiger partial charge in [-0.25, -0.2) is 9.97 Å². The van der Waals surface area contributed by atoms with Gasteiger partial charge in [-0.05, 0) is 97.1 Å². The number of fused-ring (bicyclic) bond motifs is 15. The summed E-state index contributed by atoms with van der Waals surface area (Å²) in [4.78, 5) is 10.7. The highest BCUT2D eigenvalue weighted by Crippen LogP contribution is 2.61. The first-order chi connectivity index (χ1) is 30.7. The third kappa shape index (κ3) is 5.06. The van der Waals surface area contributed by atoms with Gasteiger partial charge in [-0.2, -0.15) is 0 Å². The van der Waals surface area contributed by atoms with Crippen molar-refractivity contribution in [2.24, 2.45) is 0 Å². The van der Waals surface area contributed by atoms with Gasteiger partial charge in [-0.15, -0.1) is 0 Å². The lowest BCUT2D eigenvalue weighted by Gasteiger charge is -2.35. The Kier molecular flexibility index (Phi) is 7.52. The summed E-state index contributed by atoms with van der Waals surface area (Å²) >= 11 is 0. The van der Waals surface area contributed by atoms with Gasteiger partial charge in [0.15, 0.2) is 5.82 Å². The van der Waals surface area contributed by atoms with Gasteiger partial charge in [-0.1, -0.05) is 188 Å². The number of nitrogens with zero attached hydrogens (tertiary/aromatic N) is 2. The molecule has 288 valence electrons. The lowest BCUT2D eigenvalue weighted by molar-refractivity contribution is 0.669. The molecule has 62 heavy (non-hydrogen) atoms. The fourth-order valence-corrected chi connectivity index (χ4v) is 10.4. The highest BCUT2D eigenvalue weighted by molar-refractivity contribution is 6.06. The van der Waals surface area contributed by atoms with E-state index in [1.165, 1.54) is 61.2 Å². The molecule has 2 aromatic heterocycles. The van der Waals surface area contributed by atoms with Gasteiger partial charge in [0.25, 0.3) is 0 Å². The molecule has 0 N–H and O–H groups in total. The molecule has 0 atom stereocenters. The maximum Gasteiger partial charge on any atom is 0.160 e. The fourth-order valence-electron chi connectivity index (χ4n) is 10.4. The van der Waals surface area contributed by atoms with Crippen LogP contribution >= 0.6 is 0 Å². The van der Waals surface area contributed by atoms with Crippen LogP contribution in [0.3, 0.4) is 0 Å². The zero-order valence-electron chi connectivity index (χ0n) is 33.6. The van der Waals surface area contributed by atoms with Gasteiger partial charge in [0.2, 0.25) is 0 Å². The van der Waals surface area contributed by atoms with Crippen LogP contribution in [0.4, 0.5) is 0 Å². The number of hydrogen-bond acceptors (Lipinski definition) is 3. The lowest BCUT2D eigenvalue weighted by atomic mass is 9.65. The minimum Gasteiger partial charge on any atom is -0.456 e. The minimum absolute atomic E-state index is 0.591. The van der Waals surface area contributed by atoms with Crippen LogP contribution in [0.5, 0.6) is 0 Å². The Hall–Kier alpha value is -8.14. The van der Waals surface area contributed by atoms with E-state index in [0.29, 0.717) is 5.82 Å². The largest absolute Gasteiger partial charge is 0.456 e. The normalized spacial score (nSPS) is 13.0. The maximum atomic E-state index is 6.39. The van der Waals surface area contributed by atoms with E-state index >= 15 is 0 Å². The van der Waals surface area contributed by atoms with Crippen molar-refractivity contribution in [3.05, 3.63) is 241 Å². The van der Waals surface area contributed by atoms with E-state index in [-0.39, 0.29) is 0 Å². The Bertz CT molecular complexity index is 3540. The topological polar surface area (TPSA) is 38.9 Å². The van der Waals surface area contributed by atoms with E-state index in [1.807, 2.05) is 12.1 Å². The molecule has 0 aliphatic heterocycles. The molecule has 0 saturated carbocycles. The number of para-hydroxylation sites is 1. The van der Waals surface area contributed by atoms with Gasteiger partial charge in [0.05, 0.1) is 16.8 Å². The second-order valence-electron chi connectivity index (χ2n) is 16.4. The quantitative estimate of drug-likeness (QED) is 0.178. The molecule has 11 aromatic rings. The number of furan rings is 1. The Balaban J connectivity index is 1.07.